The molecule has 0 unspecified atom stereocenters. The second kappa shape index (κ2) is 47.1. The predicted octanol–water partition coefficient (Wildman–Crippen LogP) is 1.06. The predicted molar refractivity (Wildman–Crippen MR) is 16.3 cm³/mol. The average Bonchev–Trinajstić information content (AvgIpc) is 1.00. The standard InChI is InChI=1S/C2H3.CH3.U/c1-2;;/h1H,2H2;1H3;/q2*-1;+2. The molecule has 0 aliphatic heterocycles. The summed E-state index contributed by atoms with van der Waals surface area (Å²) in [6, 6.07) is 0. The van der Waals surface area contributed by atoms with E-state index in [9.17, 15) is 0 Å². The van der Waals surface area contributed by atoms with Gasteiger partial charge in [0.25, 0.3) is 0 Å². The Kier molecular flexibility index (Phi) is 253. The van der Waals surface area contributed by atoms with Crippen molar-refractivity contribution in [3.63, 3.8) is 0 Å². The first kappa shape index (κ1) is 21.5. The van der Waals surface area contributed by atoms with E-state index in [-0.39, 0.29) is 38.5 Å². The maximum absolute atomic E-state index is 4.25. The van der Waals surface area contributed by atoms with Crippen LogP contribution in [0.25, 0.3) is 0 Å². The summed E-state index contributed by atoms with van der Waals surface area (Å²) in [5, 5.41) is 0. The van der Waals surface area contributed by atoms with Crippen molar-refractivity contribution in [3.8, 4) is 0 Å². The molecule has 0 aromatic carbocycles. The normalized spacial score (nSPS) is 1.00. The Hall–Kier alpha value is 0.792. The topological polar surface area (TPSA) is 0 Å². The fraction of sp³-hybridized carbons (Fsp3) is 0. The molecule has 0 fully saturated rings. The van der Waals surface area contributed by atoms with Crippen LogP contribution in [0.5, 0.6) is 0 Å². The first-order chi connectivity index (χ1) is 1.00. The summed E-state index contributed by atoms with van der Waals surface area (Å²) in [6.45, 7) is 7.00. The van der Waals surface area contributed by atoms with Crippen molar-refractivity contribution in [2.75, 3.05) is 0 Å². The van der Waals surface area contributed by atoms with E-state index >= 15 is 0 Å². The Morgan fingerprint density at radius 2 is 1.25 bits per heavy atom. The number of rotatable bonds is 0. The molecule has 0 nitrogen and oxygen atoms in total. The van der Waals surface area contributed by atoms with Gasteiger partial charge in [0.15, 0.2) is 0 Å². The molecule has 0 heterocycles. The molecule has 4 heavy (non-hydrogen) atoms. The Morgan fingerprint density at radius 1 is 1.25 bits per heavy atom. The molecule has 1 heteroatoms. The molecule has 0 aromatic heterocycles. The third-order valence-electron chi connectivity index (χ3n) is 0. The fourth-order valence-corrected chi connectivity index (χ4v) is 0. The molecule has 0 aromatic rings. The Balaban J connectivity index is -0.00000000500. The van der Waals surface area contributed by atoms with Crippen LogP contribution in [-0.2, 0) is 0 Å². The largest absolute Gasteiger partial charge is 2.00 e. The Labute approximate surface area is 51.7 Å². The van der Waals surface area contributed by atoms with Crippen molar-refractivity contribution in [1.29, 1.82) is 0 Å². The van der Waals surface area contributed by atoms with Crippen molar-refractivity contribution in [1.82, 2.24) is 0 Å². The van der Waals surface area contributed by atoms with Crippen molar-refractivity contribution >= 4 is 0 Å². The molecule has 0 aliphatic rings. The van der Waals surface area contributed by atoms with E-state index in [1.54, 1.807) is 0 Å². The minimum Gasteiger partial charge on any atom is -0.521 e. The van der Waals surface area contributed by atoms with E-state index in [2.05, 4.69) is 13.2 Å². The minimum atomic E-state index is 0. The summed E-state index contributed by atoms with van der Waals surface area (Å²) < 4.78 is 0. The van der Waals surface area contributed by atoms with E-state index in [0.717, 1.165) is 0 Å². The molecule has 0 amide bonds. The van der Waals surface area contributed by atoms with Gasteiger partial charge < -0.3 is 14.0 Å². The van der Waals surface area contributed by atoms with Crippen LogP contribution in [0, 0.1) is 45.1 Å². The maximum atomic E-state index is 4.25. The van der Waals surface area contributed by atoms with Crippen LogP contribution in [0.15, 0.2) is 6.58 Å². The molecule has 0 radical (unpaired) electrons. The molecular weight excluding hydrogens is 274 g/mol. The van der Waals surface area contributed by atoms with Crippen molar-refractivity contribution in [3.05, 3.63) is 20.6 Å². The van der Waals surface area contributed by atoms with Gasteiger partial charge in [-0.1, -0.05) is 0 Å². The molecule has 0 rings (SSSR count). The second-order valence-electron chi connectivity index (χ2n) is 0. The third-order valence-corrected chi connectivity index (χ3v) is 0. The van der Waals surface area contributed by atoms with Gasteiger partial charge in [-0.25, -0.2) is 0 Å². The van der Waals surface area contributed by atoms with Gasteiger partial charge in [-0.3, -0.25) is 6.58 Å². The van der Waals surface area contributed by atoms with E-state index in [4.69, 9.17) is 0 Å². The first-order valence-corrected chi connectivity index (χ1v) is 0.408. The quantitative estimate of drug-likeness (QED) is 0.582. The SMILES string of the molecule is [CH-]=C.[CH3-].[U+2]. The summed E-state index contributed by atoms with van der Waals surface area (Å²) in [5.41, 5.74) is 0. The molecule has 0 spiro atoms. The van der Waals surface area contributed by atoms with Crippen LogP contribution >= 0.6 is 0 Å². The molecule has 0 atom stereocenters. The van der Waals surface area contributed by atoms with Crippen LogP contribution in [0.4, 0.5) is 0 Å². The van der Waals surface area contributed by atoms with Gasteiger partial charge in [0.2, 0.25) is 0 Å². The van der Waals surface area contributed by atoms with Gasteiger partial charge in [-0.2, -0.15) is 0 Å². The molecule has 0 bridgehead atoms. The summed E-state index contributed by atoms with van der Waals surface area (Å²) in [4.78, 5) is 0. The molecule has 22 valence electrons. The van der Waals surface area contributed by atoms with Crippen molar-refractivity contribution < 1.29 is 31.1 Å². The van der Waals surface area contributed by atoms with Crippen LogP contribution < -0.4 is 0 Å². The first-order valence-electron chi connectivity index (χ1n) is 0.408. The van der Waals surface area contributed by atoms with Crippen LogP contribution in [0.3, 0.4) is 0 Å². The van der Waals surface area contributed by atoms with Crippen LogP contribution in [-0.4, -0.2) is 0 Å². The Morgan fingerprint density at radius 3 is 1.25 bits per heavy atom. The molecule has 0 saturated carbocycles. The Bertz CT molecular complexity index is 3.25. The van der Waals surface area contributed by atoms with Gasteiger partial charge in [0.1, 0.15) is 0 Å². The zero-order valence-electron chi connectivity index (χ0n) is 2.78. The summed E-state index contributed by atoms with van der Waals surface area (Å²) >= 11 is 0. The van der Waals surface area contributed by atoms with Gasteiger partial charge in [-0.15, -0.1) is 0 Å². The summed E-state index contributed by atoms with van der Waals surface area (Å²) in [5.74, 6) is 0. The van der Waals surface area contributed by atoms with E-state index in [1.165, 1.54) is 0 Å². The average molecular weight is 280 g/mol. The molecule has 0 N–H and O–H groups in total. The third kappa shape index (κ3) is 14.3. The number of hydrogen-bond acceptors (Lipinski definition) is 0. The van der Waals surface area contributed by atoms with E-state index in [0.29, 0.717) is 0 Å². The maximum Gasteiger partial charge on any atom is 2.00 e. The van der Waals surface area contributed by atoms with Gasteiger partial charge in [0.05, 0.1) is 0 Å². The van der Waals surface area contributed by atoms with Gasteiger partial charge >= 0.3 is 31.1 Å². The minimum absolute atomic E-state index is 0. The summed E-state index contributed by atoms with van der Waals surface area (Å²) in [7, 11) is 0. The van der Waals surface area contributed by atoms with Gasteiger partial charge in [0, 0.05) is 0 Å². The van der Waals surface area contributed by atoms with E-state index in [1.807, 2.05) is 0 Å². The fourth-order valence-electron chi connectivity index (χ4n) is 0. The van der Waals surface area contributed by atoms with Crippen molar-refractivity contribution in [2.45, 2.75) is 0 Å². The smallest absolute Gasteiger partial charge is 0.521 e. The van der Waals surface area contributed by atoms with Crippen LogP contribution in [0.2, 0.25) is 0 Å². The second-order valence-corrected chi connectivity index (χ2v) is 0. The zero-order chi connectivity index (χ0) is 2.00. The monoisotopic (exact) mass is 280 g/mol. The molecular formula is C3H6U. The number of hydrogen-bond donors (Lipinski definition) is 0. The van der Waals surface area contributed by atoms with E-state index < -0.39 is 0 Å². The molecule has 0 aliphatic carbocycles. The van der Waals surface area contributed by atoms with Crippen LogP contribution in [0.1, 0.15) is 0 Å². The summed E-state index contributed by atoms with van der Waals surface area (Å²) in [6.07, 6.45) is 0. The zero-order valence-corrected chi connectivity index (χ0v) is 6.95. The van der Waals surface area contributed by atoms with Gasteiger partial charge in [-0.05, 0) is 0 Å². The molecule has 0 saturated heterocycles. The van der Waals surface area contributed by atoms with Crippen molar-refractivity contribution in [2.24, 2.45) is 0 Å².